The van der Waals surface area contributed by atoms with Crippen LogP contribution in [0.2, 0.25) is 0 Å². The Morgan fingerprint density at radius 1 is 1.14 bits per heavy atom. The zero-order chi connectivity index (χ0) is 20.4. The Bertz CT molecular complexity index is 882. The normalized spacial score (nSPS) is 22.0. The molecule has 0 radical (unpaired) electrons. The number of nitrogens with zero attached hydrogens (tertiary/aromatic N) is 4. The molecule has 0 bridgehead atoms. The summed E-state index contributed by atoms with van der Waals surface area (Å²) in [6.45, 7) is 6.85. The molecule has 0 aliphatic carbocycles. The molecule has 1 atom stereocenters. The van der Waals surface area contributed by atoms with Crippen LogP contribution in [0.15, 0.2) is 42.9 Å². The van der Waals surface area contributed by atoms with Gasteiger partial charge in [0.25, 0.3) is 5.91 Å². The van der Waals surface area contributed by atoms with Gasteiger partial charge in [-0.2, -0.15) is 0 Å². The highest BCUT2D eigenvalue weighted by Gasteiger charge is 2.49. The van der Waals surface area contributed by atoms with E-state index in [1.54, 1.807) is 11.1 Å². The maximum Gasteiger partial charge on any atom is 0.274 e. The molecule has 6 heteroatoms. The van der Waals surface area contributed by atoms with E-state index in [1.165, 1.54) is 18.0 Å². The van der Waals surface area contributed by atoms with E-state index in [2.05, 4.69) is 48.1 Å². The second-order valence-electron chi connectivity index (χ2n) is 8.57. The summed E-state index contributed by atoms with van der Waals surface area (Å²) in [4.78, 5) is 38.0. The molecule has 1 spiro atoms. The van der Waals surface area contributed by atoms with Gasteiger partial charge in [-0.15, -0.1) is 0 Å². The molecule has 0 unspecified atom stereocenters. The van der Waals surface area contributed by atoms with Crippen molar-refractivity contribution in [2.45, 2.75) is 45.6 Å². The lowest BCUT2D eigenvalue weighted by atomic mass is 9.78. The monoisotopic (exact) mass is 392 g/mol. The second-order valence-corrected chi connectivity index (χ2v) is 8.57. The highest BCUT2D eigenvalue weighted by molar-refractivity contribution is 5.93. The van der Waals surface area contributed by atoms with Crippen LogP contribution in [-0.4, -0.2) is 51.2 Å². The minimum absolute atomic E-state index is 0.135. The van der Waals surface area contributed by atoms with Crippen LogP contribution in [0.1, 0.15) is 60.6 Å². The Hall–Kier alpha value is -2.76. The fourth-order valence-electron chi connectivity index (χ4n) is 4.53. The topological polar surface area (TPSA) is 66.4 Å². The molecular weight excluding hydrogens is 364 g/mol. The summed E-state index contributed by atoms with van der Waals surface area (Å²) in [5.74, 6) is 0.551. The molecule has 6 nitrogen and oxygen atoms in total. The van der Waals surface area contributed by atoms with Gasteiger partial charge < -0.3 is 9.80 Å². The predicted molar refractivity (Wildman–Crippen MR) is 110 cm³/mol. The molecule has 2 fully saturated rings. The minimum atomic E-state index is -0.450. The van der Waals surface area contributed by atoms with Crippen LogP contribution in [0.5, 0.6) is 0 Å². The van der Waals surface area contributed by atoms with Crippen molar-refractivity contribution in [1.82, 2.24) is 19.8 Å². The number of piperidine rings is 1. The molecule has 2 aromatic rings. The smallest absolute Gasteiger partial charge is 0.274 e. The molecule has 1 aromatic heterocycles. The predicted octanol–water partition coefficient (Wildman–Crippen LogP) is 3.25. The molecule has 29 heavy (non-hydrogen) atoms. The number of benzene rings is 1. The van der Waals surface area contributed by atoms with Crippen molar-refractivity contribution in [2.75, 3.05) is 19.6 Å². The molecule has 152 valence electrons. The van der Waals surface area contributed by atoms with Gasteiger partial charge in [0.15, 0.2) is 0 Å². The van der Waals surface area contributed by atoms with Gasteiger partial charge in [0.1, 0.15) is 5.69 Å². The number of carbonyl (C=O) groups excluding carboxylic acids is 2. The van der Waals surface area contributed by atoms with Gasteiger partial charge >= 0.3 is 0 Å². The van der Waals surface area contributed by atoms with E-state index in [4.69, 9.17) is 0 Å². The largest absolute Gasteiger partial charge is 0.338 e. The molecule has 2 amide bonds. The summed E-state index contributed by atoms with van der Waals surface area (Å²) in [6, 6.07) is 8.56. The first-order valence-electron chi connectivity index (χ1n) is 10.4. The first-order valence-corrected chi connectivity index (χ1v) is 10.4. The van der Waals surface area contributed by atoms with E-state index in [1.807, 2.05) is 4.90 Å². The number of hydrogen-bond donors (Lipinski definition) is 0. The van der Waals surface area contributed by atoms with E-state index in [0.717, 1.165) is 31.4 Å². The van der Waals surface area contributed by atoms with Crippen LogP contribution in [0.25, 0.3) is 0 Å². The third-order valence-electron chi connectivity index (χ3n) is 6.27. The third kappa shape index (κ3) is 3.88. The number of rotatable bonds is 4. The van der Waals surface area contributed by atoms with Crippen molar-refractivity contribution in [3.05, 3.63) is 59.7 Å². The quantitative estimate of drug-likeness (QED) is 0.801. The summed E-state index contributed by atoms with van der Waals surface area (Å²) >= 11 is 0. The zero-order valence-electron chi connectivity index (χ0n) is 17.2. The average Bonchev–Trinajstić information content (AvgIpc) is 3.17. The highest BCUT2D eigenvalue weighted by Crippen LogP contribution is 2.40. The van der Waals surface area contributed by atoms with Crippen LogP contribution in [-0.2, 0) is 11.3 Å². The van der Waals surface area contributed by atoms with E-state index in [9.17, 15) is 9.59 Å². The van der Waals surface area contributed by atoms with Crippen molar-refractivity contribution in [3.63, 3.8) is 0 Å². The van der Waals surface area contributed by atoms with Gasteiger partial charge in [-0.3, -0.25) is 14.6 Å². The Kier molecular flexibility index (Phi) is 5.35. The summed E-state index contributed by atoms with van der Waals surface area (Å²) < 4.78 is 0. The van der Waals surface area contributed by atoms with Gasteiger partial charge in [-0.25, -0.2) is 4.98 Å². The first-order chi connectivity index (χ1) is 14.0. The Morgan fingerprint density at radius 2 is 1.93 bits per heavy atom. The van der Waals surface area contributed by atoms with Gasteiger partial charge in [0.05, 0.1) is 11.6 Å². The molecule has 2 saturated heterocycles. The van der Waals surface area contributed by atoms with Gasteiger partial charge in [-0.1, -0.05) is 38.1 Å². The first kappa shape index (κ1) is 19.6. The lowest BCUT2D eigenvalue weighted by molar-refractivity contribution is -0.146. The van der Waals surface area contributed by atoms with E-state index < -0.39 is 5.41 Å². The maximum atomic E-state index is 13.4. The molecule has 0 N–H and O–H groups in total. The van der Waals surface area contributed by atoms with Crippen LogP contribution >= 0.6 is 0 Å². The summed E-state index contributed by atoms with van der Waals surface area (Å²) in [6.07, 6.45) is 7.11. The lowest BCUT2D eigenvalue weighted by Gasteiger charge is -2.39. The summed E-state index contributed by atoms with van der Waals surface area (Å²) in [5, 5.41) is 0. The van der Waals surface area contributed by atoms with Crippen molar-refractivity contribution >= 4 is 11.8 Å². The summed E-state index contributed by atoms with van der Waals surface area (Å²) in [7, 11) is 0. The van der Waals surface area contributed by atoms with Gasteiger partial charge in [0, 0.05) is 38.6 Å². The Morgan fingerprint density at radius 3 is 2.62 bits per heavy atom. The van der Waals surface area contributed by atoms with Crippen LogP contribution in [0.3, 0.4) is 0 Å². The molecular formula is C23H28N4O2. The summed E-state index contributed by atoms with van der Waals surface area (Å²) in [5.41, 5.74) is 2.36. The SMILES string of the molecule is CC(C)c1ccc(CN2CCC[C@]3(CCN(C(=O)c4cnccn4)C3)C2=O)cc1. The fraction of sp³-hybridized carbons (Fsp3) is 0.478. The molecule has 2 aliphatic heterocycles. The van der Waals surface area contributed by atoms with Crippen LogP contribution in [0.4, 0.5) is 0 Å². The van der Waals surface area contributed by atoms with Crippen molar-refractivity contribution in [3.8, 4) is 0 Å². The average molecular weight is 393 g/mol. The third-order valence-corrected chi connectivity index (χ3v) is 6.27. The van der Waals surface area contributed by atoms with Crippen molar-refractivity contribution in [2.24, 2.45) is 5.41 Å². The molecule has 0 saturated carbocycles. The maximum absolute atomic E-state index is 13.4. The van der Waals surface area contributed by atoms with Crippen LogP contribution in [0, 0.1) is 5.41 Å². The number of aromatic nitrogens is 2. The van der Waals surface area contributed by atoms with E-state index in [-0.39, 0.29) is 11.8 Å². The van der Waals surface area contributed by atoms with Gasteiger partial charge in [0.2, 0.25) is 5.91 Å². The fourth-order valence-corrected chi connectivity index (χ4v) is 4.53. The van der Waals surface area contributed by atoms with Crippen molar-refractivity contribution < 1.29 is 9.59 Å². The lowest BCUT2D eigenvalue weighted by Crippen LogP contribution is -2.50. The Labute approximate surface area is 172 Å². The van der Waals surface area contributed by atoms with Crippen LogP contribution < -0.4 is 0 Å². The number of hydrogen-bond acceptors (Lipinski definition) is 4. The zero-order valence-corrected chi connectivity index (χ0v) is 17.2. The van der Waals surface area contributed by atoms with Crippen molar-refractivity contribution in [1.29, 1.82) is 0 Å². The standard InChI is InChI=1S/C23H28N4O2/c1-17(2)19-6-4-18(5-7-19)15-26-12-3-8-23(22(26)29)9-13-27(16-23)21(28)20-14-24-10-11-25-20/h4-7,10-11,14,17H,3,8-9,12-13,15-16H2,1-2H3/t23-/m1/s1. The number of carbonyl (C=O) groups is 2. The molecule has 2 aliphatic rings. The van der Waals surface area contributed by atoms with E-state index in [0.29, 0.717) is 31.2 Å². The van der Waals surface area contributed by atoms with E-state index >= 15 is 0 Å². The van der Waals surface area contributed by atoms with Gasteiger partial charge in [-0.05, 0) is 36.3 Å². The molecule has 4 rings (SSSR count). The molecule has 3 heterocycles. The highest BCUT2D eigenvalue weighted by atomic mass is 16.2. The second kappa shape index (κ2) is 7.93. The number of amides is 2. The minimum Gasteiger partial charge on any atom is -0.338 e. The Balaban J connectivity index is 1.45. The molecule has 1 aromatic carbocycles. The number of likely N-dealkylation sites (tertiary alicyclic amines) is 2.